The molecule has 0 amide bonds. The Hall–Kier alpha value is -0.0151. The molecule has 0 bridgehead atoms. The zero-order valence-electron chi connectivity index (χ0n) is 7.80. The molecule has 1 aliphatic heterocycles. The third-order valence-corrected chi connectivity index (χ3v) is 2.95. The van der Waals surface area contributed by atoms with E-state index in [9.17, 15) is 0 Å². The molecule has 1 fully saturated rings. The van der Waals surface area contributed by atoms with Crippen molar-refractivity contribution in [3.8, 4) is 0 Å². The number of piperidine rings is 1. The molecule has 0 aromatic heterocycles. The Morgan fingerprint density at radius 1 is 1.27 bits per heavy atom. The average Bonchev–Trinajstić information content (AvgIpc) is 1.95. The SMILES string of the molecule is [B]N1CCC(C)(N(C)C)CC1. The van der Waals surface area contributed by atoms with Crippen molar-refractivity contribution in [1.82, 2.24) is 9.71 Å². The predicted octanol–water partition coefficient (Wildman–Crippen LogP) is 0.486. The molecule has 0 saturated carbocycles. The molecule has 3 heteroatoms. The van der Waals surface area contributed by atoms with E-state index >= 15 is 0 Å². The third-order valence-electron chi connectivity index (χ3n) is 2.95. The van der Waals surface area contributed by atoms with Gasteiger partial charge < -0.3 is 9.71 Å². The highest BCUT2D eigenvalue weighted by molar-refractivity contribution is 6.04. The molecule has 1 saturated heterocycles. The van der Waals surface area contributed by atoms with Gasteiger partial charge in [-0.15, -0.1) is 0 Å². The number of hydrogen-bond acceptors (Lipinski definition) is 2. The van der Waals surface area contributed by atoms with Gasteiger partial charge in [-0.25, -0.2) is 0 Å². The molecular formula is C8H17BN2. The highest BCUT2D eigenvalue weighted by Gasteiger charge is 2.29. The molecule has 0 atom stereocenters. The van der Waals surface area contributed by atoms with Gasteiger partial charge in [-0.2, -0.15) is 0 Å². The largest absolute Gasteiger partial charge is 0.353 e. The lowest BCUT2D eigenvalue weighted by Gasteiger charge is -2.43. The van der Waals surface area contributed by atoms with E-state index in [0.29, 0.717) is 5.54 Å². The van der Waals surface area contributed by atoms with Crippen LogP contribution < -0.4 is 0 Å². The quantitative estimate of drug-likeness (QED) is 0.504. The van der Waals surface area contributed by atoms with E-state index in [0.717, 1.165) is 13.1 Å². The van der Waals surface area contributed by atoms with Crippen LogP contribution in [0.15, 0.2) is 0 Å². The van der Waals surface area contributed by atoms with Crippen LogP contribution in [0.4, 0.5) is 0 Å². The van der Waals surface area contributed by atoms with Crippen LogP contribution in [0.5, 0.6) is 0 Å². The fourth-order valence-electron chi connectivity index (χ4n) is 1.45. The van der Waals surface area contributed by atoms with Crippen LogP contribution in [0.25, 0.3) is 0 Å². The second-order valence-corrected chi connectivity index (χ2v) is 3.93. The van der Waals surface area contributed by atoms with Gasteiger partial charge in [0.2, 0.25) is 0 Å². The summed E-state index contributed by atoms with van der Waals surface area (Å²) in [6.07, 6.45) is 2.35. The smallest absolute Gasteiger partial charge is 0.182 e. The highest BCUT2D eigenvalue weighted by Crippen LogP contribution is 2.24. The van der Waals surface area contributed by atoms with Crippen LogP contribution in [0, 0.1) is 0 Å². The summed E-state index contributed by atoms with van der Waals surface area (Å²) >= 11 is 0. The monoisotopic (exact) mass is 152 g/mol. The second kappa shape index (κ2) is 3.15. The average molecular weight is 152 g/mol. The minimum absolute atomic E-state index is 0.371. The van der Waals surface area contributed by atoms with E-state index in [1.54, 1.807) is 0 Å². The first-order chi connectivity index (χ1) is 5.04. The standard InChI is InChI=1S/C8H17BN2/c1-8(10(2)3)4-6-11(9)7-5-8/h4-7H2,1-3H3. The van der Waals surface area contributed by atoms with Crippen molar-refractivity contribution in [3.05, 3.63) is 0 Å². The van der Waals surface area contributed by atoms with Crippen LogP contribution in [-0.2, 0) is 0 Å². The second-order valence-electron chi connectivity index (χ2n) is 3.93. The predicted molar refractivity (Wildman–Crippen MR) is 48.7 cm³/mol. The molecule has 0 N–H and O–H groups in total. The van der Waals surface area contributed by atoms with Gasteiger partial charge >= 0.3 is 0 Å². The molecule has 0 spiro atoms. The maximum atomic E-state index is 5.67. The fraction of sp³-hybridized carbons (Fsp3) is 1.00. The maximum absolute atomic E-state index is 5.67. The first kappa shape index (κ1) is 9.08. The Bertz CT molecular complexity index is 128. The van der Waals surface area contributed by atoms with Gasteiger partial charge in [0.05, 0.1) is 0 Å². The molecule has 0 aromatic carbocycles. The Kier molecular flexibility index (Phi) is 2.60. The van der Waals surface area contributed by atoms with Crippen LogP contribution in [0.3, 0.4) is 0 Å². The van der Waals surface area contributed by atoms with Crippen molar-refractivity contribution in [1.29, 1.82) is 0 Å². The van der Waals surface area contributed by atoms with Crippen molar-refractivity contribution < 1.29 is 0 Å². The van der Waals surface area contributed by atoms with Gasteiger partial charge in [0, 0.05) is 5.54 Å². The van der Waals surface area contributed by atoms with Crippen molar-refractivity contribution in [2.45, 2.75) is 25.3 Å². The summed E-state index contributed by atoms with van der Waals surface area (Å²) in [5.41, 5.74) is 0.371. The molecule has 1 rings (SSSR count). The number of nitrogens with zero attached hydrogens (tertiary/aromatic N) is 2. The van der Waals surface area contributed by atoms with Gasteiger partial charge in [0.15, 0.2) is 7.98 Å². The molecule has 11 heavy (non-hydrogen) atoms. The summed E-state index contributed by atoms with van der Waals surface area (Å²) < 4.78 is 0. The third kappa shape index (κ3) is 1.97. The highest BCUT2D eigenvalue weighted by atomic mass is 15.2. The minimum Gasteiger partial charge on any atom is -0.353 e. The minimum atomic E-state index is 0.371. The normalized spacial score (nSPS) is 25.8. The Morgan fingerprint density at radius 2 is 1.73 bits per heavy atom. The summed E-state index contributed by atoms with van der Waals surface area (Å²) in [5, 5.41) is 0. The van der Waals surface area contributed by atoms with Crippen molar-refractivity contribution in [2.24, 2.45) is 0 Å². The van der Waals surface area contributed by atoms with E-state index in [1.807, 2.05) is 4.81 Å². The Labute approximate surface area is 71.0 Å². The zero-order valence-corrected chi connectivity index (χ0v) is 7.80. The summed E-state index contributed by atoms with van der Waals surface area (Å²) in [6, 6.07) is 0. The Morgan fingerprint density at radius 3 is 2.09 bits per heavy atom. The molecule has 0 aromatic rings. The van der Waals surface area contributed by atoms with Crippen LogP contribution >= 0.6 is 0 Å². The lowest BCUT2D eigenvalue weighted by molar-refractivity contribution is 0.103. The first-order valence-electron chi connectivity index (χ1n) is 4.22. The molecular weight excluding hydrogens is 135 g/mol. The van der Waals surface area contributed by atoms with Gasteiger partial charge in [0.1, 0.15) is 0 Å². The van der Waals surface area contributed by atoms with E-state index < -0.39 is 0 Å². The maximum Gasteiger partial charge on any atom is 0.182 e. The van der Waals surface area contributed by atoms with E-state index in [2.05, 4.69) is 25.9 Å². The molecule has 62 valence electrons. The summed E-state index contributed by atoms with van der Waals surface area (Å²) in [6.45, 7) is 4.35. The van der Waals surface area contributed by atoms with Crippen molar-refractivity contribution in [2.75, 3.05) is 27.2 Å². The van der Waals surface area contributed by atoms with Gasteiger partial charge in [-0.3, -0.25) is 0 Å². The first-order valence-corrected chi connectivity index (χ1v) is 4.22. The van der Waals surface area contributed by atoms with Crippen molar-refractivity contribution >= 4 is 7.98 Å². The fourth-order valence-corrected chi connectivity index (χ4v) is 1.45. The van der Waals surface area contributed by atoms with Crippen LogP contribution in [0.2, 0.25) is 0 Å². The van der Waals surface area contributed by atoms with Gasteiger partial charge in [0.25, 0.3) is 0 Å². The van der Waals surface area contributed by atoms with Gasteiger partial charge in [-0.1, -0.05) is 0 Å². The van der Waals surface area contributed by atoms with E-state index in [1.165, 1.54) is 12.8 Å². The number of hydrogen-bond donors (Lipinski definition) is 0. The molecule has 0 aliphatic carbocycles. The molecule has 0 unspecified atom stereocenters. The van der Waals surface area contributed by atoms with Crippen LogP contribution in [0.1, 0.15) is 19.8 Å². The van der Waals surface area contributed by atoms with E-state index in [-0.39, 0.29) is 0 Å². The molecule has 1 heterocycles. The number of rotatable bonds is 1. The lowest BCUT2D eigenvalue weighted by Crippen LogP contribution is -2.49. The summed E-state index contributed by atoms with van der Waals surface area (Å²) in [7, 11) is 9.96. The topological polar surface area (TPSA) is 6.48 Å². The molecule has 1 aliphatic rings. The van der Waals surface area contributed by atoms with Gasteiger partial charge in [-0.05, 0) is 47.0 Å². The summed E-state index contributed by atoms with van der Waals surface area (Å²) in [4.78, 5) is 4.21. The van der Waals surface area contributed by atoms with E-state index in [4.69, 9.17) is 7.98 Å². The summed E-state index contributed by atoms with van der Waals surface area (Å²) in [5.74, 6) is 0. The zero-order chi connectivity index (χ0) is 8.48. The lowest BCUT2D eigenvalue weighted by atomic mass is 9.87. The Balaban J connectivity index is 2.48. The van der Waals surface area contributed by atoms with Crippen LogP contribution in [-0.4, -0.2) is 50.4 Å². The molecule has 2 nitrogen and oxygen atoms in total. The van der Waals surface area contributed by atoms with Crippen molar-refractivity contribution in [3.63, 3.8) is 0 Å². The molecule has 2 radical (unpaired) electrons.